The number of phenolic OH excluding ortho intramolecular Hbond substituents is 1. The summed E-state index contributed by atoms with van der Waals surface area (Å²) >= 11 is 0. The molecule has 0 fully saturated rings. The summed E-state index contributed by atoms with van der Waals surface area (Å²) in [5, 5.41) is 19.1. The predicted molar refractivity (Wildman–Crippen MR) is 69.7 cm³/mol. The summed E-state index contributed by atoms with van der Waals surface area (Å²) in [5.41, 5.74) is 5.49. The molecule has 4 N–H and O–H groups in total. The summed E-state index contributed by atoms with van der Waals surface area (Å²) in [6.07, 6.45) is 0. The largest absolute Gasteiger partial charge is 0.504 e. The molecule has 0 spiro atoms. The van der Waals surface area contributed by atoms with E-state index in [-0.39, 0.29) is 36.1 Å². The van der Waals surface area contributed by atoms with Crippen LogP contribution < -0.4 is 10.5 Å². The van der Waals surface area contributed by atoms with Gasteiger partial charge in [0.25, 0.3) is 0 Å². The molecule has 0 heterocycles. The van der Waals surface area contributed by atoms with Gasteiger partial charge in [-0.25, -0.2) is 4.39 Å². The number of phenols is 1. The van der Waals surface area contributed by atoms with E-state index in [1.54, 1.807) is 13.8 Å². The van der Waals surface area contributed by atoms with Crippen molar-refractivity contribution in [1.82, 2.24) is 0 Å². The number of hydrogen-bond donors (Lipinski definition) is 3. The van der Waals surface area contributed by atoms with Crippen molar-refractivity contribution in [3.8, 4) is 11.5 Å². The topological polar surface area (TPSA) is 75.7 Å². The minimum Gasteiger partial charge on any atom is -0.504 e. The number of hydrogen-bond acceptors (Lipinski definition) is 4. The molecule has 6 heteroatoms. The fourth-order valence-electron chi connectivity index (χ4n) is 1.51. The molecule has 1 rings (SSSR count). The Labute approximate surface area is 112 Å². The number of nitrogens with two attached hydrogens (primary N) is 1. The number of benzene rings is 1. The van der Waals surface area contributed by atoms with Gasteiger partial charge in [-0.2, -0.15) is 0 Å². The van der Waals surface area contributed by atoms with Crippen molar-refractivity contribution in [3.05, 3.63) is 23.5 Å². The van der Waals surface area contributed by atoms with Gasteiger partial charge in [-0.15, -0.1) is 12.4 Å². The molecule has 0 aliphatic carbocycles. The van der Waals surface area contributed by atoms with Gasteiger partial charge in [-0.1, -0.05) is 13.8 Å². The van der Waals surface area contributed by atoms with Crippen LogP contribution in [-0.4, -0.2) is 23.9 Å². The lowest BCUT2D eigenvalue weighted by molar-refractivity contribution is 0.131. The number of rotatable bonds is 4. The Morgan fingerprint density at radius 1 is 1.44 bits per heavy atom. The monoisotopic (exact) mass is 279 g/mol. The van der Waals surface area contributed by atoms with Crippen LogP contribution in [0.1, 0.15) is 25.5 Å². The third kappa shape index (κ3) is 3.25. The highest BCUT2D eigenvalue weighted by molar-refractivity contribution is 5.85. The van der Waals surface area contributed by atoms with E-state index >= 15 is 0 Å². The number of aliphatic hydroxyl groups is 1. The lowest BCUT2D eigenvalue weighted by atomic mass is 9.81. The van der Waals surface area contributed by atoms with E-state index in [0.29, 0.717) is 0 Å². The molecule has 0 unspecified atom stereocenters. The zero-order valence-corrected chi connectivity index (χ0v) is 11.4. The number of halogens is 2. The molecule has 0 saturated heterocycles. The maximum atomic E-state index is 13.3. The number of methoxy groups -OCH3 is 1. The van der Waals surface area contributed by atoms with Crippen LogP contribution in [0.25, 0.3) is 0 Å². The zero-order valence-electron chi connectivity index (χ0n) is 10.6. The van der Waals surface area contributed by atoms with Crippen molar-refractivity contribution in [2.45, 2.75) is 19.9 Å². The van der Waals surface area contributed by atoms with E-state index < -0.39 is 17.3 Å². The van der Waals surface area contributed by atoms with E-state index in [1.807, 2.05) is 0 Å². The second-order valence-electron chi connectivity index (χ2n) is 4.67. The summed E-state index contributed by atoms with van der Waals surface area (Å²) in [6.45, 7) is 3.29. The molecule has 0 radical (unpaired) electrons. The first-order valence-electron chi connectivity index (χ1n) is 5.26. The van der Waals surface area contributed by atoms with Crippen molar-refractivity contribution in [2.75, 3.05) is 13.7 Å². The van der Waals surface area contributed by atoms with Gasteiger partial charge in [0, 0.05) is 29.7 Å². The maximum absolute atomic E-state index is 13.3. The molecule has 18 heavy (non-hydrogen) atoms. The lowest BCUT2D eigenvalue weighted by Gasteiger charge is -2.30. The first kappa shape index (κ1) is 17.0. The second kappa shape index (κ2) is 6.22. The van der Waals surface area contributed by atoms with Crippen molar-refractivity contribution >= 4 is 12.4 Å². The van der Waals surface area contributed by atoms with Gasteiger partial charge in [0.2, 0.25) is 0 Å². The Morgan fingerprint density at radius 2 is 2.00 bits per heavy atom. The van der Waals surface area contributed by atoms with Crippen LogP contribution in [0.15, 0.2) is 12.1 Å². The van der Waals surface area contributed by atoms with Crippen molar-refractivity contribution in [2.24, 2.45) is 11.1 Å². The standard InChI is InChI=1S/C12H18FNO3.ClH/c1-12(2,6-15)11(14)8-4-7(13)5-9(17-3)10(8)16;/h4-5,11,15-16H,6,14H2,1-3H3;1H/t11-;/m0./s1. The first-order valence-corrected chi connectivity index (χ1v) is 5.26. The highest BCUT2D eigenvalue weighted by Crippen LogP contribution is 2.40. The van der Waals surface area contributed by atoms with Crippen molar-refractivity contribution in [3.63, 3.8) is 0 Å². The summed E-state index contributed by atoms with van der Waals surface area (Å²) in [7, 11) is 1.33. The first-order chi connectivity index (χ1) is 7.83. The molecule has 104 valence electrons. The Morgan fingerprint density at radius 3 is 2.44 bits per heavy atom. The van der Waals surface area contributed by atoms with E-state index in [4.69, 9.17) is 10.5 Å². The van der Waals surface area contributed by atoms with Crippen LogP contribution in [-0.2, 0) is 0 Å². The fourth-order valence-corrected chi connectivity index (χ4v) is 1.51. The van der Waals surface area contributed by atoms with Gasteiger partial charge >= 0.3 is 0 Å². The number of ether oxygens (including phenoxy) is 1. The van der Waals surface area contributed by atoms with Gasteiger partial charge in [0.15, 0.2) is 11.5 Å². The van der Waals surface area contributed by atoms with Gasteiger partial charge in [0.05, 0.1) is 7.11 Å². The second-order valence-corrected chi connectivity index (χ2v) is 4.67. The third-order valence-corrected chi connectivity index (χ3v) is 2.87. The van der Waals surface area contributed by atoms with Crippen LogP contribution in [0.3, 0.4) is 0 Å². The Hall–Kier alpha value is -1.04. The maximum Gasteiger partial charge on any atom is 0.163 e. The number of aliphatic hydroxyl groups excluding tert-OH is 1. The van der Waals surface area contributed by atoms with E-state index in [9.17, 15) is 14.6 Å². The van der Waals surface area contributed by atoms with Crippen LogP contribution >= 0.6 is 12.4 Å². The molecule has 0 aromatic heterocycles. The Bertz CT molecular complexity index is 413. The normalized spacial score (nSPS) is 12.8. The van der Waals surface area contributed by atoms with Gasteiger partial charge in [-0.3, -0.25) is 0 Å². The average molecular weight is 280 g/mol. The van der Waals surface area contributed by atoms with Gasteiger partial charge in [0.1, 0.15) is 5.82 Å². The molecule has 0 saturated carbocycles. The SMILES string of the molecule is COc1cc(F)cc([C@H](N)C(C)(C)CO)c1O.Cl. The Kier molecular flexibility index (Phi) is 5.86. The minimum absolute atomic E-state index is 0. The smallest absolute Gasteiger partial charge is 0.163 e. The van der Waals surface area contributed by atoms with E-state index in [2.05, 4.69) is 0 Å². The summed E-state index contributed by atoms with van der Waals surface area (Å²) in [5.74, 6) is -0.703. The quantitative estimate of drug-likeness (QED) is 0.788. The summed E-state index contributed by atoms with van der Waals surface area (Å²) < 4.78 is 18.2. The van der Waals surface area contributed by atoms with Crippen LogP contribution in [0.4, 0.5) is 4.39 Å². The molecule has 0 aliphatic rings. The van der Waals surface area contributed by atoms with Gasteiger partial charge in [-0.05, 0) is 6.07 Å². The molecule has 0 aliphatic heterocycles. The molecular weight excluding hydrogens is 261 g/mol. The summed E-state index contributed by atoms with van der Waals surface area (Å²) in [6, 6.07) is 1.54. The molecule has 1 aromatic rings. The fraction of sp³-hybridized carbons (Fsp3) is 0.500. The van der Waals surface area contributed by atoms with Crippen molar-refractivity contribution < 1.29 is 19.3 Å². The van der Waals surface area contributed by atoms with Gasteiger partial charge < -0.3 is 20.7 Å². The molecule has 0 amide bonds. The summed E-state index contributed by atoms with van der Waals surface area (Å²) in [4.78, 5) is 0. The molecule has 0 bridgehead atoms. The average Bonchev–Trinajstić information content (AvgIpc) is 2.30. The van der Waals surface area contributed by atoms with Crippen LogP contribution in [0.5, 0.6) is 11.5 Å². The van der Waals surface area contributed by atoms with Crippen molar-refractivity contribution in [1.29, 1.82) is 0 Å². The lowest BCUT2D eigenvalue weighted by Crippen LogP contribution is -2.32. The van der Waals surface area contributed by atoms with Crippen LogP contribution in [0, 0.1) is 11.2 Å². The van der Waals surface area contributed by atoms with Crippen LogP contribution in [0.2, 0.25) is 0 Å². The molecule has 1 aromatic carbocycles. The Balaban J connectivity index is 0.00000289. The highest BCUT2D eigenvalue weighted by atomic mass is 35.5. The van der Waals surface area contributed by atoms with E-state index in [0.717, 1.165) is 12.1 Å². The number of aromatic hydroxyl groups is 1. The molecule has 1 atom stereocenters. The van der Waals surface area contributed by atoms with E-state index in [1.165, 1.54) is 7.11 Å². The molecule has 4 nitrogen and oxygen atoms in total. The zero-order chi connectivity index (χ0) is 13.2. The minimum atomic E-state index is -0.697. The third-order valence-electron chi connectivity index (χ3n) is 2.87. The molecular formula is C12H19ClFNO3. The highest BCUT2D eigenvalue weighted by Gasteiger charge is 2.30. The predicted octanol–water partition coefficient (Wildman–Crippen LogP) is 1.98.